The molecule has 0 unspecified atom stereocenters. The van der Waals surface area contributed by atoms with Crippen molar-refractivity contribution >= 4 is 5.97 Å². The number of rotatable bonds is 5. The molecule has 0 aliphatic heterocycles. The average Bonchev–Trinajstić information content (AvgIpc) is 2.86. The Morgan fingerprint density at radius 3 is 2.85 bits per heavy atom. The van der Waals surface area contributed by atoms with Gasteiger partial charge in [-0.3, -0.25) is 9.69 Å². The van der Waals surface area contributed by atoms with Gasteiger partial charge in [-0.25, -0.2) is 0 Å². The second-order valence-electron chi connectivity index (χ2n) is 3.15. The van der Waals surface area contributed by atoms with E-state index in [1.165, 1.54) is 0 Å². The van der Waals surface area contributed by atoms with Crippen LogP contribution in [0.5, 0.6) is 0 Å². The van der Waals surface area contributed by atoms with Crippen molar-refractivity contribution in [2.75, 3.05) is 19.7 Å². The highest BCUT2D eigenvalue weighted by atomic mass is 16.5. The van der Waals surface area contributed by atoms with Crippen molar-refractivity contribution in [1.82, 2.24) is 4.90 Å². The third kappa shape index (κ3) is 3.47. The van der Waals surface area contributed by atoms with Crippen molar-refractivity contribution in [1.29, 1.82) is 0 Å². The molecule has 3 heteroatoms. The molecule has 0 aromatic rings. The van der Waals surface area contributed by atoms with Crippen molar-refractivity contribution in [2.24, 2.45) is 0 Å². The van der Waals surface area contributed by atoms with E-state index in [0.717, 1.165) is 12.8 Å². The number of hydrogen-bond acceptors (Lipinski definition) is 3. The highest BCUT2D eigenvalue weighted by molar-refractivity contribution is 5.71. The van der Waals surface area contributed by atoms with Crippen molar-refractivity contribution in [2.45, 2.75) is 25.8 Å². The number of ether oxygens (including phenoxy) is 1. The lowest BCUT2D eigenvalue weighted by Gasteiger charge is -2.17. The topological polar surface area (TPSA) is 29.5 Å². The summed E-state index contributed by atoms with van der Waals surface area (Å²) in [6, 6.07) is 0.514. The number of terminal acetylenes is 1. The van der Waals surface area contributed by atoms with Crippen LogP contribution < -0.4 is 0 Å². The van der Waals surface area contributed by atoms with E-state index in [2.05, 4.69) is 5.92 Å². The van der Waals surface area contributed by atoms with Gasteiger partial charge in [0.2, 0.25) is 0 Å². The molecule has 3 nitrogen and oxygen atoms in total. The predicted molar refractivity (Wildman–Crippen MR) is 50.1 cm³/mol. The average molecular weight is 181 g/mol. The van der Waals surface area contributed by atoms with Crippen molar-refractivity contribution < 1.29 is 9.53 Å². The largest absolute Gasteiger partial charge is 0.465 e. The molecular formula is C10H15NO2. The van der Waals surface area contributed by atoms with E-state index in [9.17, 15) is 4.79 Å². The third-order valence-electron chi connectivity index (χ3n) is 2.00. The molecule has 72 valence electrons. The van der Waals surface area contributed by atoms with E-state index in [4.69, 9.17) is 11.2 Å². The maximum Gasteiger partial charge on any atom is 0.320 e. The maximum absolute atomic E-state index is 11.1. The molecule has 0 radical (unpaired) electrons. The second-order valence-corrected chi connectivity index (χ2v) is 3.15. The monoisotopic (exact) mass is 181 g/mol. The molecule has 0 N–H and O–H groups in total. The first-order valence-corrected chi connectivity index (χ1v) is 4.61. The Morgan fingerprint density at radius 2 is 2.38 bits per heavy atom. The summed E-state index contributed by atoms with van der Waals surface area (Å²) in [7, 11) is 0. The Kier molecular flexibility index (Phi) is 3.78. The first-order valence-electron chi connectivity index (χ1n) is 4.61. The second kappa shape index (κ2) is 4.88. The summed E-state index contributed by atoms with van der Waals surface area (Å²) < 4.78 is 4.85. The van der Waals surface area contributed by atoms with Crippen LogP contribution in [-0.2, 0) is 9.53 Å². The van der Waals surface area contributed by atoms with Crippen LogP contribution in [0.15, 0.2) is 0 Å². The highest BCUT2D eigenvalue weighted by Crippen LogP contribution is 2.26. The fraction of sp³-hybridized carbons (Fsp3) is 0.700. The summed E-state index contributed by atoms with van der Waals surface area (Å²) in [4.78, 5) is 13.1. The number of esters is 1. The van der Waals surface area contributed by atoms with Crippen LogP contribution in [0.4, 0.5) is 0 Å². The van der Waals surface area contributed by atoms with Gasteiger partial charge in [0.15, 0.2) is 0 Å². The van der Waals surface area contributed by atoms with Crippen molar-refractivity contribution in [3.05, 3.63) is 0 Å². The van der Waals surface area contributed by atoms with Gasteiger partial charge in [-0.2, -0.15) is 0 Å². The van der Waals surface area contributed by atoms with Crippen molar-refractivity contribution in [3.63, 3.8) is 0 Å². The quantitative estimate of drug-likeness (QED) is 0.460. The minimum atomic E-state index is -0.176. The number of carbonyl (C=O) groups excluding carboxylic acids is 1. The van der Waals surface area contributed by atoms with E-state index in [1.807, 2.05) is 4.90 Å². The Bertz CT molecular complexity index is 215. The standard InChI is InChI=1S/C10H15NO2/c1-3-7-11(9-5-6-9)8-10(12)13-4-2/h1,9H,4-8H2,2H3. The van der Waals surface area contributed by atoms with Gasteiger partial charge in [-0.05, 0) is 19.8 Å². The molecule has 0 saturated heterocycles. The Hall–Kier alpha value is -1.01. The zero-order chi connectivity index (χ0) is 9.68. The molecule has 1 fully saturated rings. The molecule has 1 aliphatic rings. The lowest BCUT2D eigenvalue weighted by atomic mass is 10.4. The Balaban J connectivity index is 2.29. The minimum absolute atomic E-state index is 0.176. The number of carbonyl (C=O) groups is 1. The van der Waals surface area contributed by atoms with Crippen LogP contribution in [0.1, 0.15) is 19.8 Å². The van der Waals surface area contributed by atoms with E-state index < -0.39 is 0 Å². The van der Waals surface area contributed by atoms with Crippen LogP contribution in [0, 0.1) is 12.3 Å². The van der Waals surface area contributed by atoms with Crippen LogP contribution in [0.2, 0.25) is 0 Å². The van der Waals surface area contributed by atoms with Gasteiger partial charge in [0.1, 0.15) is 0 Å². The van der Waals surface area contributed by atoms with E-state index in [0.29, 0.717) is 25.7 Å². The summed E-state index contributed by atoms with van der Waals surface area (Å²) in [6.07, 6.45) is 7.51. The van der Waals surface area contributed by atoms with Gasteiger partial charge in [0.25, 0.3) is 0 Å². The molecule has 0 aromatic heterocycles. The van der Waals surface area contributed by atoms with E-state index in [1.54, 1.807) is 6.92 Å². The maximum atomic E-state index is 11.1. The molecule has 0 aromatic carbocycles. The minimum Gasteiger partial charge on any atom is -0.465 e. The van der Waals surface area contributed by atoms with Crippen LogP contribution >= 0.6 is 0 Å². The van der Waals surface area contributed by atoms with Crippen LogP contribution in [0.3, 0.4) is 0 Å². The molecule has 0 spiro atoms. The summed E-state index contributed by atoms with van der Waals surface area (Å²) >= 11 is 0. The molecule has 0 heterocycles. The lowest BCUT2D eigenvalue weighted by Crippen LogP contribution is -2.33. The first-order chi connectivity index (χ1) is 6.27. The Labute approximate surface area is 79.1 Å². The summed E-state index contributed by atoms with van der Waals surface area (Å²) in [6.45, 7) is 3.13. The van der Waals surface area contributed by atoms with Crippen LogP contribution in [-0.4, -0.2) is 36.6 Å². The molecule has 1 saturated carbocycles. The SMILES string of the molecule is C#CCN(CC(=O)OCC)C1CC1. The van der Waals surface area contributed by atoms with Crippen molar-refractivity contribution in [3.8, 4) is 12.3 Å². The fourth-order valence-corrected chi connectivity index (χ4v) is 1.24. The highest BCUT2D eigenvalue weighted by Gasteiger charge is 2.29. The van der Waals surface area contributed by atoms with Gasteiger partial charge in [-0.15, -0.1) is 6.42 Å². The van der Waals surface area contributed by atoms with E-state index in [-0.39, 0.29) is 5.97 Å². The predicted octanol–water partition coefficient (Wildman–Crippen LogP) is 0.647. The van der Waals surface area contributed by atoms with Crippen LogP contribution in [0.25, 0.3) is 0 Å². The molecule has 1 rings (SSSR count). The Morgan fingerprint density at radius 1 is 1.69 bits per heavy atom. The number of hydrogen-bond donors (Lipinski definition) is 0. The van der Waals surface area contributed by atoms with Gasteiger partial charge in [0, 0.05) is 6.04 Å². The van der Waals surface area contributed by atoms with Gasteiger partial charge >= 0.3 is 5.97 Å². The van der Waals surface area contributed by atoms with E-state index >= 15 is 0 Å². The van der Waals surface area contributed by atoms with Gasteiger partial charge in [-0.1, -0.05) is 5.92 Å². The zero-order valence-electron chi connectivity index (χ0n) is 7.95. The fourth-order valence-electron chi connectivity index (χ4n) is 1.24. The molecule has 0 atom stereocenters. The molecular weight excluding hydrogens is 166 g/mol. The third-order valence-corrected chi connectivity index (χ3v) is 2.00. The summed E-state index contributed by atoms with van der Waals surface area (Å²) in [5, 5.41) is 0. The normalized spacial score (nSPS) is 15.5. The summed E-state index contributed by atoms with van der Waals surface area (Å²) in [5.74, 6) is 2.38. The lowest BCUT2D eigenvalue weighted by molar-refractivity contribution is -0.144. The zero-order valence-corrected chi connectivity index (χ0v) is 7.95. The number of nitrogens with zero attached hydrogens (tertiary/aromatic N) is 1. The molecule has 0 bridgehead atoms. The molecule has 0 amide bonds. The molecule has 13 heavy (non-hydrogen) atoms. The van der Waals surface area contributed by atoms with Gasteiger partial charge in [0.05, 0.1) is 19.7 Å². The molecule has 1 aliphatic carbocycles. The smallest absolute Gasteiger partial charge is 0.320 e. The first kappa shape index (κ1) is 10.1. The van der Waals surface area contributed by atoms with Gasteiger partial charge < -0.3 is 4.74 Å². The summed E-state index contributed by atoms with van der Waals surface area (Å²) in [5.41, 5.74) is 0.